The molecule has 228 valence electrons. The van der Waals surface area contributed by atoms with Gasteiger partial charge in [0.2, 0.25) is 0 Å². The predicted molar refractivity (Wildman–Crippen MR) is 188 cm³/mol. The van der Waals surface area contributed by atoms with Crippen LogP contribution in [0.3, 0.4) is 0 Å². The molecule has 0 saturated heterocycles. The topological polar surface area (TPSA) is 0 Å². The van der Waals surface area contributed by atoms with Crippen molar-refractivity contribution in [3.8, 4) is 0 Å². The summed E-state index contributed by atoms with van der Waals surface area (Å²) >= 11 is 8.43. The maximum absolute atomic E-state index is 3.50. The Hall–Kier alpha value is -1.48. The molecule has 44 heavy (non-hydrogen) atoms. The Morgan fingerprint density at radius 1 is 0.682 bits per heavy atom. The largest absolute Gasteiger partial charge is 1.00 e. The van der Waals surface area contributed by atoms with Gasteiger partial charge in [-0.25, -0.2) is 12.2 Å². The average molecular weight is 829 g/mol. The van der Waals surface area contributed by atoms with Gasteiger partial charge in [0.05, 0.1) is 0 Å². The third-order valence-electron chi connectivity index (χ3n) is 7.25. The minimum atomic E-state index is 0. The third-order valence-corrected chi connectivity index (χ3v) is 9.66. The van der Waals surface area contributed by atoms with Gasteiger partial charge in [0.25, 0.3) is 0 Å². The van der Waals surface area contributed by atoms with Crippen LogP contribution < -0.4 is 24.8 Å². The van der Waals surface area contributed by atoms with Crippen molar-refractivity contribution >= 4 is 56.6 Å². The molecule has 0 nitrogen and oxygen atoms in total. The van der Waals surface area contributed by atoms with Crippen molar-refractivity contribution in [2.24, 2.45) is 0 Å². The van der Waals surface area contributed by atoms with E-state index < -0.39 is 0 Å². The first-order valence-electron chi connectivity index (χ1n) is 14.3. The molecule has 0 radical (unpaired) electrons. The second kappa shape index (κ2) is 16.9. The van der Waals surface area contributed by atoms with Gasteiger partial charge in [-0.05, 0) is 10.8 Å². The van der Waals surface area contributed by atoms with Gasteiger partial charge >= 0.3 is 128 Å². The molecule has 0 spiro atoms. The molecule has 0 fully saturated rings. The van der Waals surface area contributed by atoms with Gasteiger partial charge in [-0.3, -0.25) is 6.08 Å². The van der Waals surface area contributed by atoms with Crippen LogP contribution in [0.25, 0.3) is 21.5 Å². The second-order valence-corrected chi connectivity index (χ2v) is 15.7. The van der Waals surface area contributed by atoms with Crippen LogP contribution in [-0.2, 0) is 35.1 Å². The van der Waals surface area contributed by atoms with E-state index in [0.29, 0.717) is 0 Å². The Morgan fingerprint density at radius 3 is 1.45 bits per heavy atom. The van der Waals surface area contributed by atoms with Crippen molar-refractivity contribution in [2.45, 2.75) is 58.8 Å². The maximum Gasteiger partial charge on any atom is -0.0145 e. The molecule has 0 atom stereocenters. The normalized spacial score (nSPS) is 12.0. The van der Waals surface area contributed by atoms with E-state index in [1.165, 1.54) is 71.2 Å². The van der Waals surface area contributed by atoms with Crippen molar-refractivity contribution in [1.29, 1.82) is 0 Å². The van der Waals surface area contributed by atoms with E-state index in [2.05, 4.69) is 164 Å². The molecular formula is C39H38Br2Cl2Zr-2. The Balaban J connectivity index is 0.000000260. The molecular weight excluding hydrogens is 790 g/mol. The van der Waals surface area contributed by atoms with Crippen LogP contribution in [0.5, 0.6) is 0 Å². The molecule has 0 aliphatic heterocycles. The molecule has 0 saturated carbocycles. The maximum atomic E-state index is 3.50. The van der Waals surface area contributed by atoms with Crippen molar-refractivity contribution in [2.75, 3.05) is 0 Å². The molecule has 5 aromatic carbocycles. The van der Waals surface area contributed by atoms with Crippen LogP contribution in [0.1, 0.15) is 70.2 Å². The summed E-state index contributed by atoms with van der Waals surface area (Å²) in [6.45, 7) is 13.7. The summed E-state index contributed by atoms with van der Waals surface area (Å²) in [6, 6.07) is 33.0. The molecule has 0 heterocycles. The van der Waals surface area contributed by atoms with Gasteiger partial charge < -0.3 is 24.8 Å². The third kappa shape index (κ3) is 10.5. The fraction of sp³-hybridized carbons (Fsp3) is 0.231. The van der Waals surface area contributed by atoms with Crippen LogP contribution in [0.15, 0.2) is 118 Å². The Kier molecular flexibility index (Phi) is 14.9. The summed E-state index contributed by atoms with van der Waals surface area (Å²) in [6.07, 6.45) is 10.0. The van der Waals surface area contributed by atoms with Crippen LogP contribution in [0.2, 0.25) is 0 Å². The zero-order chi connectivity index (χ0) is 30.5. The molecule has 1 aliphatic carbocycles. The zero-order valence-electron chi connectivity index (χ0n) is 26.1. The molecule has 6 rings (SSSR count). The van der Waals surface area contributed by atoms with Gasteiger partial charge in [0.1, 0.15) is 0 Å². The number of allylic oxidation sites excluding steroid dienone is 4. The minimum Gasteiger partial charge on any atom is -1.00 e. The second-order valence-electron chi connectivity index (χ2n) is 12.6. The molecule has 0 bridgehead atoms. The molecule has 0 amide bonds. The first kappa shape index (κ1) is 38.7. The number of rotatable bonds is 2. The number of halogens is 4. The van der Waals surface area contributed by atoms with E-state index in [4.69, 9.17) is 0 Å². The standard InChI is InChI=1S/C21H25.C13H8Br2.C5H5.2ClH.Zr/c1-20(2,3)16-9-7-14-11-15-8-10-17(21(4,5)6)13-19(15)18(14)12-16;14-12-5-1-3-10(8-12)7-11-4-2-6-13(15)9-11;1-2-4-5-3-1;;;/h7-13H,1-6H3;1-6,8-9H;1-3H,4H2;2*1H;/q-1;;-1;;;+2/p-2. The van der Waals surface area contributed by atoms with Crippen molar-refractivity contribution in [1.82, 2.24) is 0 Å². The number of benzene rings is 4. The summed E-state index contributed by atoms with van der Waals surface area (Å²) < 4.78 is 3.62. The fourth-order valence-electron chi connectivity index (χ4n) is 4.73. The van der Waals surface area contributed by atoms with E-state index in [9.17, 15) is 0 Å². The van der Waals surface area contributed by atoms with E-state index in [0.717, 1.165) is 15.4 Å². The summed E-state index contributed by atoms with van der Waals surface area (Å²) in [4.78, 5) is 0. The number of fused-ring (bicyclic) bond motifs is 3. The van der Waals surface area contributed by atoms with Crippen LogP contribution in [0, 0.1) is 6.08 Å². The van der Waals surface area contributed by atoms with Gasteiger partial charge in [-0.2, -0.15) is 6.08 Å². The first-order chi connectivity index (χ1) is 19.8. The smallest absolute Gasteiger partial charge is 0.0145 e. The summed E-state index contributed by atoms with van der Waals surface area (Å²) in [5.41, 5.74) is 5.77. The quantitative estimate of drug-likeness (QED) is 0.193. The Morgan fingerprint density at radius 2 is 1.14 bits per heavy atom. The fourth-order valence-corrected chi connectivity index (χ4v) is 6.29. The van der Waals surface area contributed by atoms with Gasteiger partial charge in [-0.15, -0.1) is 46.2 Å². The molecule has 1 aliphatic rings. The summed E-state index contributed by atoms with van der Waals surface area (Å²) in [5.74, 6) is 0. The Bertz CT molecular complexity index is 1640. The van der Waals surface area contributed by atoms with Gasteiger partial charge in [0.15, 0.2) is 0 Å². The molecule has 0 unspecified atom stereocenters. The average Bonchev–Trinajstić information content (AvgIpc) is 3.63. The summed E-state index contributed by atoms with van der Waals surface area (Å²) in [5, 5.41) is 5.49. The molecule has 5 heteroatoms. The van der Waals surface area contributed by atoms with Crippen molar-refractivity contribution < 1.29 is 49.0 Å². The van der Waals surface area contributed by atoms with E-state index >= 15 is 0 Å². The predicted octanol–water partition coefficient (Wildman–Crippen LogP) is 5.95. The van der Waals surface area contributed by atoms with Crippen molar-refractivity contribution in [3.63, 3.8) is 0 Å². The van der Waals surface area contributed by atoms with Gasteiger partial charge in [0, 0.05) is 0 Å². The minimum absolute atomic E-state index is 0. The number of hydrogen-bond donors (Lipinski definition) is 0. The zero-order valence-corrected chi connectivity index (χ0v) is 33.3. The number of hydrogen-bond acceptors (Lipinski definition) is 0. The SMILES string of the molecule is Brc1cccc([C](=[Zr+2])c2cccc(Br)c2)c1.CC(C)(C)c1ccc2[cH-]c3ccc(C(C)(C)C)cc3c2c1.[C-]1=CC=CC1.[Cl-].[Cl-]. The molecule has 0 aromatic heterocycles. The Labute approximate surface area is 308 Å². The monoisotopic (exact) mass is 824 g/mol. The van der Waals surface area contributed by atoms with Crippen LogP contribution >= 0.6 is 31.9 Å². The molecule has 5 aromatic rings. The van der Waals surface area contributed by atoms with E-state index in [1.54, 1.807) is 0 Å². The molecule has 0 N–H and O–H groups in total. The van der Waals surface area contributed by atoms with Gasteiger partial charge in [-0.1, -0.05) is 76.9 Å². The first-order valence-corrected chi connectivity index (χ1v) is 17.1. The van der Waals surface area contributed by atoms with Crippen LogP contribution in [0.4, 0.5) is 0 Å². The van der Waals surface area contributed by atoms with Crippen molar-refractivity contribution in [3.05, 3.63) is 146 Å². The summed E-state index contributed by atoms with van der Waals surface area (Å²) in [7, 11) is 0. The van der Waals surface area contributed by atoms with E-state index in [-0.39, 0.29) is 35.6 Å². The van der Waals surface area contributed by atoms with Crippen LogP contribution in [-0.4, -0.2) is 3.21 Å². The van der Waals surface area contributed by atoms with E-state index in [1.807, 2.05) is 24.3 Å².